The molecule has 2 atom stereocenters. The molecule has 1 amide bonds. The van der Waals surface area contributed by atoms with E-state index >= 15 is 0 Å². The van der Waals surface area contributed by atoms with Crippen LogP contribution in [0, 0.1) is 13.8 Å². The first-order chi connectivity index (χ1) is 14.4. The van der Waals surface area contributed by atoms with E-state index in [-0.39, 0.29) is 11.9 Å². The van der Waals surface area contributed by atoms with Crippen molar-refractivity contribution in [3.63, 3.8) is 0 Å². The molecule has 1 aliphatic heterocycles. The summed E-state index contributed by atoms with van der Waals surface area (Å²) in [4.78, 5) is 27.8. The highest BCUT2D eigenvalue weighted by atomic mass is 16.5. The first-order valence-corrected chi connectivity index (χ1v) is 10.1. The van der Waals surface area contributed by atoms with E-state index in [9.17, 15) is 9.59 Å². The van der Waals surface area contributed by atoms with Crippen LogP contribution in [0.25, 0.3) is 5.69 Å². The van der Waals surface area contributed by atoms with E-state index in [1.807, 2.05) is 68.4 Å². The topological polar surface area (TPSA) is 64.4 Å². The van der Waals surface area contributed by atoms with Crippen molar-refractivity contribution < 1.29 is 14.3 Å². The predicted molar refractivity (Wildman–Crippen MR) is 115 cm³/mol. The molecule has 0 aliphatic carbocycles. The summed E-state index contributed by atoms with van der Waals surface area (Å²) in [6, 6.07) is 17.5. The Labute approximate surface area is 176 Å². The molecular weight excluding hydrogens is 378 g/mol. The number of aryl methyl sites for hydroxylation is 1. The highest BCUT2D eigenvalue weighted by molar-refractivity contribution is 6.01. The summed E-state index contributed by atoms with van der Waals surface area (Å²) < 4.78 is 7.32. The Kier molecular flexibility index (Phi) is 5.16. The second kappa shape index (κ2) is 7.78. The fourth-order valence-electron chi connectivity index (χ4n) is 4.13. The van der Waals surface area contributed by atoms with E-state index < -0.39 is 12.1 Å². The number of anilines is 1. The minimum atomic E-state index is -0.898. The normalized spacial score (nSPS) is 16.3. The molecule has 0 radical (unpaired) electrons. The maximum Gasteiger partial charge on any atom is 0.342 e. The van der Waals surface area contributed by atoms with Crippen molar-refractivity contribution in [1.29, 1.82) is 0 Å². The third-order valence-electron chi connectivity index (χ3n) is 5.57. The van der Waals surface area contributed by atoms with Gasteiger partial charge in [-0.1, -0.05) is 36.4 Å². The van der Waals surface area contributed by atoms with Crippen LogP contribution < -0.4 is 4.90 Å². The molecule has 154 valence electrons. The fourth-order valence-corrected chi connectivity index (χ4v) is 4.13. The lowest BCUT2D eigenvalue weighted by molar-refractivity contribution is -0.126. The number of ether oxygens (including phenoxy) is 1. The SMILES string of the molecule is Cc1nn(-c2ccccc2)c(C)c1C(=O)O[C@H](C)C(=O)N1c2ccccc2C[C@@H]1C. The van der Waals surface area contributed by atoms with E-state index in [0.717, 1.165) is 23.4 Å². The van der Waals surface area contributed by atoms with Gasteiger partial charge in [-0.3, -0.25) is 4.79 Å². The Bertz CT molecular complexity index is 1100. The number of amides is 1. The molecule has 0 saturated heterocycles. The number of aromatic nitrogens is 2. The van der Waals surface area contributed by atoms with Gasteiger partial charge in [0.25, 0.3) is 5.91 Å². The number of benzene rings is 2. The zero-order valence-electron chi connectivity index (χ0n) is 17.6. The van der Waals surface area contributed by atoms with Crippen molar-refractivity contribution in [3.8, 4) is 5.69 Å². The number of para-hydroxylation sites is 2. The average molecular weight is 403 g/mol. The summed E-state index contributed by atoms with van der Waals surface area (Å²) >= 11 is 0. The van der Waals surface area contributed by atoms with E-state index in [1.165, 1.54) is 0 Å². The number of nitrogens with zero attached hydrogens (tertiary/aromatic N) is 3. The molecule has 3 aromatic rings. The fraction of sp³-hybridized carbons (Fsp3) is 0.292. The van der Waals surface area contributed by atoms with Crippen LogP contribution in [0.1, 0.15) is 41.2 Å². The summed E-state index contributed by atoms with van der Waals surface area (Å²) in [6.45, 7) is 7.23. The quantitative estimate of drug-likeness (QED) is 0.618. The van der Waals surface area contributed by atoms with Crippen LogP contribution >= 0.6 is 0 Å². The molecule has 0 bridgehead atoms. The zero-order valence-corrected chi connectivity index (χ0v) is 17.6. The van der Waals surface area contributed by atoms with Gasteiger partial charge in [0.1, 0.15) is 5.56 Å². The molecule has 0 fully saturated rings. The van der Waals surface area contributed by atoms with Gasteiger partial charge < -0.3 is 9.64 Å². The largest absolute Gasteiger partial charge is 0.449 e. The molecule has 6 nitrogen and oxygen atoms in total. The summed E-state index contributed by atoms with van der Waals surface area (Å²) in [6.07, 6.45) is -0.102. The lowest BCUT2D eigenvalue weighted by Crippen LogP contribution is -2.43. The lowest BCUT2D eigenvalue weighted by Gasteiger charge is -2.26. The molecule has 0 saturated carbocycles. The predicted octanol–water partition coefficient (Wildman–Crippen LogP) is 4.01. The van der Waals surface area contributed by atoms with Crippen LogP contribution in [-0.2, 0) is 16.0 Å². The van der Waals surface area contributed by atoms with Gasteiger partial charge in [-0.15, -0.1) is 0 Å². The summed E-state index contributed by atoms with van der Waals surface area (Å²) in [5.74, 6) is -0.750. The number of carbonyl (C=O) groups is 2. The van der Waals surface area contributed by atoms with Crippen LogP contribution in [-0.4, -0.2) is 33.8 Å². The van der Waals surface area contributed by atoms with Crippen molar-refractivity contribution in [2.24, 2.45) is 0 Å². The van der Waals surface area contributed by atoms with Gasteiger partial charge in [-0.25, -0.2) is 9.48 Å². The summed E-state index contributed by atoms with van der Waals surface area (Å²) in [5.41, 5.74) is 4.54. The molecule has 0 N–H and O–H groups in total. The van der Waals surface area contributed by atoms with Crippen molar-refractivity contribution in [3.05, 3.63) is 77.1 Å². The molecule has 30 heavy (non-hydrogen) atoms. The van der Waals surface area contributed by atoms with E-state index in [1.54, 1.807) is 23.4 Å². The molecule has 0 unspecified atom stereocenters. The standard InChI is InChI=1S/C24H25N3O3/c1-15-14-19-10-8-9-13-21(19)26(15)23(28)18(4)30-24(29)22-16(2)25-27(17(22)3)20-11-6-5-7-12-20/h5-13,15,18H,14H2,1-4H3/t15-,18+/m0/s1. The van der Waals surface area contributed by atoms with Gasteiger partial charge in [-0.2, -0.15) is 5.10 Å². The molecular formula is C24H25N3O3. The van der Waals surface area contributed by atoms with Gasteiger partial charge in [0, 0.05) is 11.7 Å². The molecule has 1 aliphatic rings. The van der Waals surface area contributed by atoms with E-state index in [0.29, 0.717) is 17.0 Å². The van der Waals surface area contributed by atoms with Gasteiger partial charge >= 0.3 is 5.97 Å². The molecule has 4 rings (SSSR count). The van der Waals surface area contributed by atoms with Crippen LogP contribution in [0.2, 0.25) is 0 Å². The second-order valence-corrected chi connectivity index (χ2v) is 7.73. The third-order valence-corrected chi connectivity index (χ3v) is 5.57. The Morgan fingerprint density at radius 1 is 1.07 bits per heavy atom. The first-order valence-electron chi connectivity index (χ1n) is 10.1. The summed E-state index contributed by atoms with van der Waals surface area (Å²) in [5, 5.41) is 4.49. The van der Waals surface area contributed by atoms with E-state index in [4.69, 9.17) is 4.74 Å². The van der Waals surface area contributed by atoms with Crippen molar-refractivity contribution >= 4 is 17.6 Å². The number of carbonyl (C=O) groups excluding carboxylic acids is 2. The third kappa shape index (κ3) is 3.38. The molecule has 2 aromatic carbocycles. The summed E-state index contributed by atoms with van der Waals surface area (Å²) in [7, 11) is 0. The monoisotopic (exact) mass is 403 g/mol. The smallest absolute Gasteiger partial charge is 0.342 e. The van der Waals surface area contributed by atoms with Gasteiger partial charge in [-0.05, 0) is 57.9 Å². The number of fused-ring (bicyclic) bond motifs is 1. The number of esters is 1. The first kappa shape index (κ1) is 19.9. The van der Waals surface area contributed by atoms with E-state index in [2.05, 4.69) is 5.10 Å². The Morgan fingerprint density at radius 2 is 1.73 bits per heavy atom. The minimum Gasteiger partial charge on any atom is -0.449 e. The number of hydrogen-bond acceptors (Lipinski definition) is 4. The zero-order chi connectivity index (χ0) is 21.4. The maximum absolute atomic E-state index is 13.1. The van der Waals surface area contributed by atoms with Gasteiger partial charge in [0.15, 0.2) is 6.10 Å². The lowest BCUT2D eigenvalue weighted by atomic mass is 10.1. The minimum absolute atomic E-state index is 0.0281. The van der Waals surface area contributed by atoms with Crippen LogP contribution in [0.4, 0.5) is 5.69 Å². The highest BCUT2D eigenvalue weighted by Crippen LogP contribution is 2.32. The molecule has 2 heterocycles. The van der Waals surface area contributed by atoms with Crippen LogP contribution in [0.5, 0.6) is 0 Å². The molecule has 1 aromatic heterocycles. The Hall–Kier alpha value is -3.41. The molecule has 0 spiro atoms. The van der Waals surface area contributed by atoms with Crippen molar-refractivity contribution in [2.75, 3.05) is 4.90 Å². The van der Waals surface area contributed by atoms with Gasteiger partial charge in [0.2, 0.25) is 0 Å². The van der Waals surface area contributed by atoms with Crippen molar-refractivity contribution in [1.82, 2.24) is 9.78 Å². The Balaban J connectivity index is 1.55. The maximum atomic E-state index is 13.1. The Morgan fingerprint density at radius 3 is 2.47 bits per heavy atom. The highest BCUT2D eigenvalue weighted by Gasteiger charge is 2.35. The van der Waals surface area contributed by atoms with Crippen LogP contribution in [0.3, 0.4) is 0 Å². The van der Waals surface area contributed by atoms with Crippen LogP contribution in [0.15, 0.2) is 54.6 Å². The van der Waals surface area contributed by atoms with Crippen molar-refractivity contribution in [2.45, 2.75) is 46.3 Å². The average Bonchev–Trinajstić information content (AvgIpc) is 3.22. The van der Waals surface area contributed by atoms with Gasteiger partial charge in [0.05, 0.1) is 17.1 Å². The number of hydrogen-bond donors (Lipinski definition) is 0. The second-order valence-electron chi connectivity index (χ2n) is 7.73. The molecule has 6 heteroatoms. The number of rotatable bonds is 4.